The number of nitrogens with zero attached hydrogens (tertiary/aromatic N) is 5. The van der Waals surface area contributed by atoms with Gasteiger partial charge in [0.25, 0.3) is 0 Å². The summed E-state index contributed by atoms with van der Waals surface area (Å²) in [5, 5.41) is 18.4. The van der Waals surface area contributed by atoms with Crippen LogP contribution in [0.15, 0.2) is 54.6 Å². The molecule has 0 amide bonds. The molecule has 2 heterocycles. The molecule has 1 aliphatic rings. The summed E-state index contributed by atoms with van der Waals surface area (Å²) >= 11 is 0. The third-order valence-corrected chi connectivity index (χ3v) is 6.36. The Hall–Kier alpha value is -3.45. The van der Waals surface area contributed by atoms with Gasteiger partial charge in [0.05, 0.1) is 16.8 Å². The van der Waals surface area contributed by atoms with Crippen LogP contribution in [0.2, 0.25) is 0 Å². The van der Waals surface area contributed by atoms with Gasteiger partial charge in [-0.15, -0.1) is 5.10 Å². The fourth-order valence-corrected chi connectivity index (χ4v) is 4.40. The molecule has 0 spiro atoms. The molecule has 7 heteroatoms. The number of rotatable bonds is 9. The van der Waals surface area contributed by atoms with Crippen molar-refractivity contribution in [1.29, 1.82) is 0 Å². The Kier molecular flexibility index (Phi) is 6.20. The standard InChI is InChI=1S/C27H32N6O/c1-18-25-19(2)33(31-26(25)27(30-29-18)32(3)4)22-12-8-9-13-24(22)34-23(16-17-28-21-14-15-21)20-10-6-5-7-11-20/h5-13,21,23,28H,14-17H2,1-4H3. The summed E-state index contributed by atoms with van der Waals surface area (Å²) < 4.78 is 8.67. The molecular weight excluding hydrogens is 424 g/mol. The van der Waals surface area contributed by atoms with Crippen molar-refractivity contribution in [2.75, 3.05) is 25.5 Å². The average Bonchev–Trinajstić information content (AvgIpc) is 3.60. The maximum atomic E-state index is 6.70. The van der Waals surface area contributed by atoms with Crippen LogP contribution in [0.25, 0.3) is 16.6 Å². The predicted octanol–water partition coefficient (Wildman–Crippen LogP) is 4.76. The van der Waals surface area contributed by atoms with Crippen molar-refractivity contribution in [3.63, 3.8) is 0 Å². The minimum absolute atomic E-state index is 0.0544. The van der Waals surface area contributed by atoms with Crippen LogP contribution >= 0.6 is 0 Å². The van der Waals surface area contributed by atoms with Gasteiger partial charge in [0.2, 0.25) is 0 Å². The van der Waals surface area contributed by atoms with Crippen molar-refractivity contribution >= 4 is 16.7 Å². The number of benzene rings is 2. The lowest BCUT2D eigenvalue weighted by atomic mass is 10.1. The second-order valence-electron chi connectivity index (χ2n) is 9.23. The van der Waals surface area contributed by atoms with Crippen molar-refractivity contribution < 1.29 is 4.74 Å². The Bertz CT molecular complexity index is 1280. The molecule has 1 unspecified atom stereocenters. The monoisotopic (exact) mass is 456 g/mol. The lowest BCUT2D eigenvalue weighted by molar-refractivity contribution is 0.193. The van der Waals surface area contributed by atoms with Gasteiger partial charge in [-0.2, -0.15) is 10.2 Å². The summed E-state index contributed by atoms with van der Waals surface area (Å²) in [6.45, 7) is 4.99. The SMILES string of the molecule is Cc1nnc(N(C)C)c2nn(-c3ccccc3OC(CCNC3CC3)c3ccccc3)c(C)c12. The second-order valence-corrected chi connectivity index (χ2v) is 9.23. The summed E-state index contributed by atoms with van der Waals surface area (Å²) in [5.41, 5.74) is 4.83. The zero-order valence-electron chi connectivity index (χ0n) is 20.3. The summed E-state index contributed by atoms with van der Waals surface area (Å²) in [6.07, 6.45) is 3.40. The van der Waals surface area contributed by atoms with Crippen LogP contribution in [0.3, 0.4) is 0 Å². The fraction of sp³-hybridized carbons (Fsp3) is 0.370. The molecule has 2 aromatic carbocycles. The molecule has 7 nitrogen and oxygen atoms in total. The topological polar surface area (TPSA) is 68.1 Å². The normalized spacial score (nSPS) is 14.4. The molecule has 1 atom stereocenters. The Balaban J connectivity index is 1.53. The summed E-state index contributed by atoms with van der Waals surface area (Å²) in [4.78, 5) is 1.95. The van der Waals surface area contributed by atoms with E-state index in [-0.39, 0.29) is 6.10 Å². The van der Waals surface area contributed by atoms with Gasteiger partial charge < -0.3 is 15.0 Å². The quantitative estimate of drug-likeness (QED) is 0.392. The molecule has 1 fully saturated rings. The minimum Gasteiger partial charge on any atom is -0.483 e. The van der Waals surface area contributed by atoms with Crippen molar-refractivity contribution in [3.8, 4) is 11.4 Å². The first-order valence-corrected chi connectivity index (χ1v) is 12.0. The van der Waals surface area contributed by atoms with E-state index < -0.39 is 0 Å². The number of ether oxygens (including phenoxy) is 1. The summed E-state index contributed by atoms with van der Waals surface area (Å²) in [7, 11) is 3.93. The van der Waals surface area contributed by atoms with Gasteiger partial charge in [-0.05, 0) is 50.9 Å². The van der Waals surface area contributed by atoms with Gasteiger partial charge >= 0.3 is 0 Å². The number of aryl methyl sites for hydroxylation is 2. The largest absolute Gasteiger partial charge is 0.483 e. The Morgan fingerprint density at radius 1 is 1.03 bits per heavy atom. The highest BCUT2D eigenvalue weighted by Gasteiger charge is 2.23. The van der Waals surface area contributed by atoms with Gasteiger partial charge in [-0.1, -0.05) is 42.5 Å². The zero-order valence-corrected chi connectivity index (χ0v) is 20.3. The zero-order chi connectivity index (χ0) is 23.7. The highest BCUT2D eigenvalue weighted by Crippen LogP contribution is 2.34. The molecule has 1 aliphatic carbocycles. The smallest absolute Gasteiger partial charge is 0.179 e. The lowest BCUT2D eigenvalue weighted by Crippen LogP contribution is -2.22. The van der Waals surface area contributed by atoms with E-state index in [0.29, 0.717) is 6.04 Å². The van der Waals surface area contributed by atoms with Gasteiger partial charge in [0.15, 0.2) is 5.82 Å². The van der Waals surface area contributed by atoms with E-state index in [1.807, 2.05) is 54.9 Å². The van der Waals surface area contributed by atoms with Gasteiger partial charge in [0.1, 0.15) is 23.1 Å². The van der Waals surface area contributed by atoms with Crippen molar-refractivity contribution in [2.24, 2.45) is 0 Å². The van der Waals surface area contributed by atoms with Gasteiger partial charge in [-0.3, -0.25) is 0 Å². The highest BCUT2D eigenvalue weighted by molar-refractivity contribution is 5.92. The molecule has 0 aliphatic heterocycles. The number of hydrogen-bond acceptors (Lipinski definition) is 6. The van der Waals surface area contributed by atoms with E-state index >= 15 is 0 Å². The van der Waals surface area contributed by atoms with Crippen LogP contribution in [0.5, 0.6) is 5.75 Å². The molecule has 176 valence electrons. The van der Waals surface area contributed by atoms with Crippen LogP contribution in [-0.4, -0.2) is 46.7 Å². The molecule has 34 heavy (non-hydrogen) atoms. The first-order valence-electron chi connectivity index (χ1n) is 12.0. The van der Waals surface area contributed by atoms with E-state index in [4.69, 9.17) is 9.84 Å². The molecule has 2 aromatic heterocycles. The van der Waals surface area contributed by atoms with E-state index in [9.17, 15) is 0 Å². The first kappa shape index (κ1) is 22.3. The van der Waals surface area contributed by atoms with E-state index in [1.54, 1.807) is 0 Å². The maximum absolute atomic E-state index is 6.70. The number of fused-ring (bicyclic) bond motifs is 1. The molecule has 0 saturated heterocycles. The van der Waals surface area contributed by atoms with E-state index in [0.717, 1.165) is 52.5 Å². The second kappa shape index (κ2) is 9.43. The van der Waals surface area contributed by atoms with Gasteiger partial charge in [-0.25, -0.2) is 4.68 Å². The Morgan fingerprint density at radius 3 is 2.50 bits per heavy atom. The van der Waals surface area contributed by atoms with Crippen molar-refractivity contribution in [2.45, 2.75) is 45.3 Å². The fourth-order valence-electron chi connectivity index (χ4n) is 4.40. The third-order valence-electron chi connectivity index (χ3n) is 6.36. The third kappa shape index (κ3) is 4.48. The average molecular weight is 457 g/mol. The highest BCUT2D eigenvalue weighted by atomic mass is 16.5. The molecule has 5 rings (SSSR count). The minimum atomic E-state index is -0.0544. The first-order chi connectivity index (χ1) is 16.5. The Morgan fingerprint density at radius 2 is 1.76 bits per heavy atom. The number of para-hydroxylation sites is 2. The molecule has 1 saturated carbocycles. The van der Waals surface area contributed by atoms with Crippen LogP contribution in [0, 0.1) is 13.8 Å². The lowest BCUT2D eigenvalue weighted by Gasteiger charge is -2.22. The van der Waals surface area contributed by atoms with Crippen LogP contribution in [0.1, 0.15) is 42.3 Å². The van der Waals surface area contributed by atoms with E-state index in [2.05, 4.69) is 52.8 Å². The van der Waals surface area contributed by atoms with Gasteiger partial charge in [0, 0.05) is 26.6 Å². The predicted molar refractivity (Wildman–Crippen MR) is 136 cm³/mol. The summed E-state index contributed by atoms with van der Waals surface area (Å²) in [6, 6.07) is 19.3. The molecular formula is C27H32N6O. The van der Waals surface area contributed by atoms with Crippen LogP contribution in [0.4, 0.5) is 5.82 Å². The molecule has 0 bridgehead atoms. The van der Waals surface area contributed by atoms with Crippen molar-refractivity contribution in [3.05, 3.63) is 71.5 Å². The Labute approximate surface area is 200 Å². The van der Waals surface area contributed by atoms with Crippen LogP contribution < -0.4 is 15.0 Å². The van der Waals surface area contributed by atoms with E-state index in [1.165, 1.54) is 18.4 Å². The number of aromatic nitrogens is 4. The maximum Gasteiger partial charge on any atom is 0.179 e. The molecule has 4 aromatic rings. The van der Waals surface area contributed by atoms with Crippen molar-refractivity contribution in [1.82, 2.24) is 25.3 Å². The van der Waals surface area contributed by atoms with Crippen LogP contribution in [-0.2, 0) is 0 Å². The summed E-state index contributed by atoms with van der Waals surface area (Å²) in [5.74, 6) is 1.57. The molecule has 1 N–H and O–H groups in total. The number of nitrogens with one attached hydrogen (secondary N) is 1. The number of hydrogen-bond donors (Lipinski definition) is 1. The molecule has 0 radical (unpaired) electrons. The number of anilines is 1.